The van der Waals surface area contributed by atoms with Crippen LogP contribution in [0.4, 0.5) is 35.5 Å². The SMILES string of the molecule is C[C@@H]1[C@@H](c2cc(C(F)(F)F)cc(C(F)(F)F)c2)OC(=O)N1Cc1cc(F)ccc1Br. The van der Waals surface area contributed by atoms with Crippen molar-refractivity contribution in [2.75, 3.05) is 0 Å². The number of cyclic esters (lactones) is 1. The molecule has 3 nitrogen and oxygen atoms in total. The van der Waals surface area contributed by atoms with Crippen LogP contribution in [0.3, 0.4) is 0 Å². The molecule has 0 N–H and O–H groups in total. The fourth-order valence-electron chi connectivity index (χ4n) is 3.15. The van der Waals surface area contributed by atoms with Crippen molar-refractivity contribution in [3.63, 3.8) is 0 Å². The van der Waals surface area contributed by atoms with Crippen LogP contribution in [0.5, 0.6) is 0 Å². The Morgan fingerprint density at radius 3 is 2.10 bits per heavy atom. The molecule has 0 radical (unpaired) electrons. The lowest BCUT2D eigenvalue weighted by atomic mass is 9.97. The molecular formula is C19H13BrF7NO2. The second-order valence-corrected chi connectivity index (χ2v) is 7.60. The Bertz CT molecular complexity index is 942. The lowest BCUT2D eigenvalue weighted by Gasteiger charge is -2.22. The quantitative estimate of drug-likeness (QED) is 0.439. The van der Waals surface area contributed by atoms with E-state index in [0.29, 0.717) is 22.2 Å². The van der Waals surface area contributed by atoms with Gasteiger partial charge in [-0.25, -0.2) is 9.18 Å². The van der Waals surface area contributed by atoms with E-state index in [0.717, 1.165) is 11.0 Å². The average molecular weight is 500 g/mol. The topological polar surface area (TPSA) is 29.5 Å². The van der Waals surface area contributed by atoms with Crippen molar-refractivity contribution in [3.05, 3.63) is 68.9 Å². The highest BCUT2D eigenvalue weighted by Gasteiger charge is 2.43. The zero-order chi connectivity index (χ0) is 22.4. The number of rotatable bonds is 3. The molecule has 0 saturated carbocycles. The van der Waals surface area contributed by atoms with Gasteiger partial charge in [0.25, 0.3) is 0 Å². The summed E-state index contributed by atoms with van der Waals surface area (Å²) in [6, 6.07) is 3.92. The summed E-state index contributed by atoms with van der Waals surface area (Å²) in [5, 5.41) is 0. The van der Waals surface area contributed by atoms with E-state index in [1.807, 2.05) is 0 Å². The van der Waals surface area contributed by atoms with Gasteiger partial charge in [-0.15, -0.1) is 0 Å². The standard InChI is InChI=1S/C19H13BrF7NO2/c1-9-16(10-4-12(18(22,23)24)7-13(5-10)19(25,26)27)30-17(29)28(9)8-11-6-14(21)2-3-15(11)20/h2-7,9,16H,8H2,1H3/t9-,16+/m1/s1. The third kappa shape index (κ3) is 4.55. The lowest BCUT2D eigenvalue weighted by Crippen LogP contribution is -2.31. The molecule has 1 heterocycles. The second kappa shape index (κ2) is 7.75. The van der Waals surface area contributed by atoms with Crippen LogP contribution in [0.2, 0.25) is 0 Å². The van der Waals surface area contributed by atoms with Gasteiger partial charge in [-0.2, -0.15) is 26.3 Å². The Morgan fingerprint density at radius 1 is 1.00 bits per heavy atom. The summed E-state index contributed by atoms with van der Waals surface area (Å²) in [4.78, 5) is 13.4. The minimum absolute atomic E-state index is 0.00651. The van der Waals surface area contributed by atoms with Crippen LogP contribution in [0, 0.1) is 5.82 Å². The van der Waals surface area contributed by atoms with Gasteiger partial charge in [0.15, 0.2) is 0 Å². The van der Waals surface area contributed by atoms with Gasteiger partial charge in [0.05, 0.1) is 23.7 Å². The molecular weight excluding hydrogens is 487 g/mol. The first-order valence-electron chi connectivity index (χ1n) is 8.48. The number of ether oxygens (including phenoxy) is 1. The fraction of sp³-hybridized carbons (Fsp3) is 0.316. The van der Waals surface area contributed by atoms with Crippen molar-refractivity contribution >= 4 is 22.0 Å². The predicted molar refractivity (Wildman–Crippen MR) is 94.8 cm³/mol. The lowest BCUT2D eigenvalue weighted by molar-refractivity contribution is -0.143. The van der Waals surface area contributed by atoms with Gasteiger partial charge >= 0.3 is 18.4 Å². The van der Waals surface area contributed by atoms with Gasteiger partial charge in [-0.1, -0.05) is 15.9 Å². The van der Waals surface area contributed by atoms with Gasteiger partial charge in [-0.3, -0.25) is 4.90 Å². The van der Waals surface area contributed by atoms with Crippen LogP contribution in [-0.2, 0) is 23.6 Å². The van der Waals surface area contributed by atoms with Crippen LogP contribution in [-0.4, -0.2) is 17.0 Å². The number of benzene rings is 2. The highest BCUT2D eigenvalue weighted by molar-refractivity contribution is 9.10. The van der Waals surface area contributed by atoms with E-state index in [1.165, 1.54) is 19.1 Å². The van der Waals surface area contributed by atoms with E-state index in [9.17, 15) is 35.5 Å². The van der Waals surface area contributed by atoms with Crippen LogP contribution in [0.1, 0.15) is 35.3 Å². The highest BCUT2D eigenvalue weighted by Crippen LogP contribution is 2.41. The summed E-state index contributed by atoms with van der Waals surface area (Å²) in [5.41, 5.74) is -3.07. The first-order chi connectivity index (χ1) is 13.8. The maximum atomic E-state index is 13.5. The van der Waals surface area contributed by atoms with Gasteiger partial charge in [-0.05, 0) is 54.4 Å². The summed E-state index contributed by atoms with van der Waals surface area (Å²) in [6.45, 7) is 1.27. The number of nitrogens with zero attached hydrogens (tertiary/aromatic N) is 1. The summed E-state index contributed by atoms with van der Waals surface area (Å²) in [6.07, 6.45) is -12.3. The van der Waals surface area contributed by atoms with Crippen LogP contribution >= 0.6 is 15.9 Å². The van der Waals surface area contributed by atoms with Gasteiger partial charge in [0, 0.05) is 4.47 Å². The summed E-state index contributed by atoms with van der Waals surface area (Å²) in [5.74, 6) is -0.572. The number of halogens is 8. The fourth-order valence-corrected chi connectivity index (χ4v) is 3.52. The van der Waals surface area contributed by atoms with E-state index in [1.54, 1.807) is 0 Å². The van der Waals surface area contributed by atoms with Gasteiger partial charge in [0.2, 0.25) is 0 Å². The third-order valence-electron chi connectivity index (χ3n) is 4.68. The predicted octanol–water partition coefficient (Wildman–Crippen LogP) is 6.71. The second-order valence-electron chi connectivity index (χ2n) is 6.75. The van der Waals surface area contributed by atoms with Crippen LogP contribution in [0.25, 0.3) is 0 Å². The molecule has 30 heavy (non-hydrogen) atoms. The molecule has 0 bridgehead atoms. The minimum atomic E-state index is -5.02. The van der Waals surface area contributed by atoms with E-state index in [2.05, 4.69) is 15.9 Å². The smallest absolute Gasteiger partial charge is 0.416 e. The van der Waals surface area contributed by atoms with Crippen molar-refractivity contribution in [3.8, 4) is 0 Å². The molecule has 0 spiro atoms. The molecule has 3 rings (SSSR count). The minimum Gasteiger partial charge on any atom is -0.439 e. The van der Waals surface area contributed by atoms with Crippen molar-refractivity contribution < 1.29 is 40.3 Å². The Morgan fingerprint density at radius 2 is 1.57 bits per heavy atom. The molecule has 1 amide bonds. The first kappa shape index (κ1) is 22.4. The zero-order valence-electron chi connectivity index (χ0n) is 15.1. The molecule has 2 aromatic rings. The molecule has 1 saturated heterocycles. The molecule has 162 valence electrons. The normalized spacial score (nSPS) is 19.9. The van der Waals surface area contributed by atoms with E-state index >= 15 is 0 Å². The Hall–Kier alpha value is -2.30. The summed E-state index contributed by atoms with van der Waals surface area (Å²) < 4.78 is 97.8. The molecule has 1 aliphatic heterocycles. The Labute approximate surface area is 174 Å². The molecule has 1 aliphatic rings. The number of carbonyl (C=O) groups excluding carboxylic acids is 1. The van der Waals surface area contributed by atoms with Crippen LogP contribution < -0.4 is 0 Å². The van der Waals surface area contributed by atoms with Gasteiger partial charge < -0.3 is 4.74 Å². The maximum Gasteiger partial charge on any atom is 0.416 e. The maximum absolute atomic E-state index is 13.5. The first-order valence-corrected chi connectivity index (χ1v) is 9.27. The molecule has 2 aromatic carbocycles. The average Bonchev–Trinajstić information content (AvgIpc) is 2.91. The van der Waals surface area contributed by atoms with Crippen molar-refractivity contribution in [1.29, 1.82) is 0 Å². The van der Waals surface area contributed by atoms with E-state index in [4.69, 9.17) is 4.74 Å². The number of alkyl halides is 6. The molecule has 0 aliphatic carbocycles. The summed E-state index contributed by atoms with van der Waals surface area (Å²) >= 11 is 3.20. The monoisotopic (exact) mass is 499 g/mol. The summed E-state index contributed by atoms with van der Waals surface area (Å²) in [7, 11) is 0. The Balaban J connectivity index is 1.97. The molecule has 0 aromatic heterocycles. The highest BCUT2D eigenvalue weighted by atomic mass is 79.9. The molecule has 2 atom stereocenters. The van der Waals surface area contributed by atoms with E-state index < -0.39 is 53.1 Å². The number of amides is 1. The number of hydrogen-bond acceptors (Lipinski definition) is 2. The van der Waals surface area contributed by atoms with Crippen molar-refractivity contribution in [2.45, 2.75) is 38.0 Å². The number of hydrogen-bond donors (Lipinski definition) is 0. The van der Waals surface area contributed by atoms with Crippen LogP contribution in [0.15, 0.2) is 40.9 Å². The van der Waals surface area contributed by atoms with Crippen molar-refractivity contribution in [2.24, 2.45) is 0 Å². The zero-order valence-corrected chi connectivity index (χ0v) is 16.7. The molecule has 1 fully saturated rings. The van der Waals surface area contributed by atoms with Gasteiger partial charge in [0.1, 0.15) is 11.9 Å². The van der Waals surface area contributed by atoms with E-state index in [-0.39, 0.29) is 12.6 Å². The molecule has 11 heteroatoms. The number of carbonyl (C=O) groups is 1. The Kier molecular flexibility index (Phi) is 5.78. The third-order valence-corrected chi connectivity index (χ3v) is 5.45. The largest absolute Gasteiger partial charge is 0.439 e. The molecule has 0 unspecified atom stereocenters. The van der Waals surface area contributed by atoms with Crippen molar-refractivity contribution in [1.82, 2.24) is 4.90 Å².